The maximum Gasteiger partial charge on any atom is 0.409 e. The molecule has 4 atom stereocenters. The number of aryl methyl sites for hydroxylation is 2. The number of carbonyl (C=O) groups excluding carboxylic acids is 1. The van der Waals surface area contributed by atoms with E-state index in [0.717, 1.165) is 12.8 Å². The molecule has 0 bridgehead atoms. The van der Waals surface area contributed by atoms with Crippen molar-refractivity contribution in [1.29, 1.82) is 0 Å². The predicted molar refractivity (Wildman–Crippen MR) is 125 cm³/mol. The molecule has 0 saturated heterocycles. The number of hydrogen-bond donors (Lipinski definition) is 1. The molecule has 10 heteroatoms. The van der Waals surface area contributed by atoms with E-state index in [1.807, 2.05) is 19.1 Å². The van der Waals surface area contributed by atoms with E-state index in [-0.39, 0.29) is 24.7 Å². The van der Waals surface area contributed by atoms with Gasteiger partial charge < -0.3 is 19.5 Å². The molecule has 1 amide bonds. The number of ether oxygens (including phenoxy) is 2. The van der Waals surface area contributed by atoms with E-state index >= 15 is 0 Å². The lowest BCUT2D eigenvalue weighted by Gasteiger charge is -2.29. The molecule has 2 unspecified atom stereocenters. The fourth-order valence-electron chi connectivity index (χ4n) is 5.41. The maximum absolute atomic E-state index is 12.4. The zero-order valence-corrected chi connectivity index (χ0v) is 20.5. The average Bonchev–Trinajstić information content (AvgIpc) is 3.49. The van der Waals surface area contributed by atoms with E-state index in [9.17, 15) is 14.7 Å². The summed E-state index contributed by atoms with van der Waals surface area (Å²) in [5.41, 5.74) is 2.53. The first-order chi connectivity index (χ1) is 16.8. The molecule has 0 radical (unpaired) electrons. The number of aromatic nitrogens is 4. The highest BCUT2D eigenvalue weighted by Gasteiger charge is 2.52. The molecule has 1 N–H and O–H groups in total. The number of carbonyl (C=O) groups is 2. The summed E-state index contributed by atoms with van der Waals surface area (Å²) < 4.78 is 13.3. The summed E-state index contributed by atoms with van der Waals surface area (Å²) in [7, 11) is 3.52. The molecular weight excluding hydrogens is 450 g/mol. The van der Waals surface area contributed by atoms with E-state index in [4.69, 9.17) is 9.47 Å². The molecule has 2 aromatic heterocycles. The molecule has 35 heavy (non-hydrogen) atoms. The molecule has 0 aliphatic heterocycles. The minimum Gasteiger partial charge on any atom is -0.488 e. The van der Waals surface area contributed by atoms with Gasteiger partial charge in [-0.05, 0) is 68.9 Å². The fourth-order valence-corrected chi connectivity index (χ4v) is 5.41. The molecule has 2 heterocycles. The standard InChI is InChI=1S/C25H33N5O5/c1-14-22(35-17-9-16-10-18(16)19(11-17)24(31)32)8-7-20(26-14)23-21(30(3)28-27-23)13-34-25(33)29(2)12-15-5-4-6-15/h7-8,15-19H,4-6,9-13H2,1-3H3,(H,31,32)/t16?,17-,18?,19-/m0/s1. The fraction of sp³-hybridized carbons (Fsp3) is 0.640. The largest absolute Gasteiger partial charge is 0.488 e. The van der Waals surface area contributed by atoms with E-state index in [2.05, 4.69) is 15.3 Å². The Labute approximate surface area is 204 Å². The van der Waals surface area contributed by atoms with Crippen LogP contribution in [0, 0.1) is 30.6 Å². The van der Waals surface area contributed by atoms with Crippen molar-refractivity contribution in [2.24, 2.45) is 30.7 Å². The molecule has 3 aliphatic rings. The van der Waals surface area contributed by atoms with Crippen LogP contribution in [0.3, 0.4) is 0 Å². The van der Waals surface area contributed by atoms with Crippen LogP contribution in [0.25, 0.3) is 11.4 Å². The van der Waals surface area contributed by atoms with Gasteiger partial charge in [-0.2, -0.15) is 0 Å². The van der Waals surface area contributed by atoms with Crippen LogP contribution in [0.5, 0.6) is 5.75 Å². The summed E-state index contributed by atoms with van der Waals surface area (Å²) in [4.78, 5) is 30.3. The summed E-state index contributed by atoms with van der Waals surface area (Å²) in [5.74, 6) is 0.960. The second-order valence-corrected chi connectivity index (χ2v) is 10.3. The Hall–Kier alpha value is -3.17. The van der Waals surface area contributed by atoms with Crippen LogP contribution in [0.15, 0.2) is 12.1 Å². The molecule has 5 rings (SSSR count). The van der Waals surface area contributed by atoms with Crippen LogP contribution in [-0.4, -0.2) is 61.7 Å². The smallest absolute Gasteiger partial charge is 0.409 e. The van der Waals surface area contributed by atoms with Crippen molar-refractivity contribution in [3.63, 3.8) is 0 Å². The highest BCUT2D eigenvalue weighted by atomic mass is 16.6. The quantitative estimate of drug-likeness (QED) is 0.606. The van der Waals surface area contributed by atoms with Crippen LogP contribution < -0.4 is 4.74 Å². The molecule has 2 aromatic rings. The Balaban J connectivity index is 1.24. The number of fused-ring (bicyclic) bond motifs is 1. The van der Waals surface area contributed by atoms with Gasteiger partial charge in [-0.3, -0.25) is 4.79 Å². The lowest BCUT2D eigenvalue weighted by Crippen LogP contribution is -2.34. The number of aliphatic carboxylic acids is 1. The minimum absolute atomic E-state index is 0.0485. The van der Waals surface area contributed by atoms with E-state index in [0.29, 0.717) is 59.2 Å². The number of carboxylic acids is 1. The van der Waals surface area contributed by atoms with Gasteiger partial charge in [-0.15, -0.1) is 5.10 Å². The van der Waals surface area contributed by atoms with Crippen molar-refractivity contribution in [1.82, 2.24) is 24.9 Å². The van der Waals surface area contributed by atoms with E-state index in [1.165, 1.54) is 19.3 Å². The summed E-state index contributed by atoms with van der Waals surface area (Å²) >= 11 is 0. The number of carboxylic acid groups (broad SMARTS) is 1. The highest BCUT2D eigenvalue weighted by Crippen LogP contribution is 2.53. The third-order valence-electron chi connectivity index (χ3n) is 7.81. The van der Waals surface area contributed by atoms with Crippen LogP contribution in [-0.2, 0) is 23.2 Å². The second-order valence-electron chi connectivity index (χ2n) is 10.3. The molecule has 3 saturated carbocycles. The van der Waals surface area contributed by atoms with Crippen LogP contribution >= 0.6 is 0 Å². The van der Waals surface area contributed by atoms with Gasteiger partial charge in [-0.1, -0.05) is 11.6 Å². The number of hydrogen-bond acceptors (Lipinski definition) is 7. The Kier molecular flexibility index (Phi) is 6.37. The zero-order chi connectivity index (χ0) is 24.7. The monoisotopic (exact) mass is 483 g/mol. The van der Waals surface area contributed by atoms with Crippen molar-refractivity contribution in [3.05, 3.63) is 23.5 Å². The van der Waals surface area contributed by atoms with Gasteiger partial charge in [0.2, 0.25) is 0 Å². The van der Waals surface area contributed by atoms with Gasteiger partial charge in [0.05, 0.1) is 23.4 Å². The van der Waals surface area contributed by atoms with Crippen molar-refractivity contribution in [2.75, 3.05) is 13.6 Å². The third kappa shape index (κ3) is 4.97. The van der Waals surface area contributed by atoms with Gasteiger partial charge in [0, 0.05) is 20.6 Å². The summed E-state index contributed by atoms with van der Waals surface area (Å²) in [6.45, 7) is 2.63. The van der Waals surface area contributed by atoms with Crippen molar-refractivity contribution < 1.29 is 24.2 Å². The summed E-state index contributed by atoms with van der Waals surface area (Å²) in [6, 6.07) is 3.67. The molecule has 3 fully saturated rings. The Morgan fingerprint density at radius 3 is 2.71 bits per heavy atom. The Morgan fingerprint density at radius 2 is 2.03 bits per heavy atom. The summed E-state index contributed by atoms with van der Waals surface area (Å²) in [6.07, 6.45) is 5.51. The lowest BCUT2D eigenvalue weighted by molar-refractivity contribution is -0.144. The van der Waals surface area contributed by atoms with Gasteiger partial charge >= 0.3 is 12.1 Å². The molecule has 3 aliphatic carbocycles. The number of rotatable bonds is 8. The van der Waals surface area contributed by atoms with E-state index in [1.54, 1.807) is 23.7 Å². The first-order valence-corrected chi connectivity index (χ1v) is 12.4. The number of pyridine rings is 1. The van der Waals surface area contributed by atoms with Gasteiger partial charge in [0.1, 0.15) is 23.7 Å². The van der Waals surface area contributed by atoms with Gasteiger partial charge in [-0.25, -0.2) is 14.5 Å². The second kappa shape index (κ2) is 9.47. The van der Waals surface area contributed by atoms with Crippen LogP contribution in [0.1, 0.15) is 49.9 Å². The molecule has 10 nitrogen and oxygen atoms in total. The molecule has 0 aromatic carbocycles. The molecule has 188 valence electrons. The predicted octanol–water partition coefficient (Wildman–Crippen LogP) is 3.43. The first-order valence-electron chi connectivity index (χ1n) is 12.4. The van der Waals surface area contributed by atoms with Crippen molar-refractivity contribution in [3.8, 4) is 17.1 Å². The van der Waals surface area contributed by atoms with E-state index < -0.39 is 5.97 Å². The average molecular weight is 484 g/mol. The topological polar surface area (TPSA) is 120 Å². The van der Waals surface area contributed by atoms with Crippen molar-refractivity contribution >= 4 is 12.1 Å². The third-order valence-corrected chi connectivity index (χ3v) is 7.81. The maximum atomic E-state index is 12.4. The van der Waals surface area contributed by atoms with Crippen molar-refractivity contribution in [2.45, 2.75) is 58.2 Å². The normalized spacial score (nSPS) is 25.3. The van der Waals surface area contributed by atoms with Gasteiger partial charge in [0.15, 0.2) is 0 Å². The highest BCUT2D eigenvalue weighted by molar-refractivity contribution is 5.71. The zero-order valence-electron chi connectivity index (χ0n) is 20.5. The number of nitrogens with zero attached hydrogens (tertiary/aromatic N) is 5. The summed E-state index contributed by atoms with van der Waals surface area (Å²) in [5, 5.41) is 17.9. The Morgan fingerprint density at radius 1 is 1.23 bits per heavy atom. The lowest BCUT2D eigenvalue weighted by atomic mass is 9.85. The number of amides is 1. The first kappa shape index (κ1) is 23.6. The molecular formula is C25H33N5O5. The minimum atomic E-state index is -0.721. The molecule has 0 spiro atoms. The van der Waals surface area contributed by atoms with Crippen LogP contribution in [0.4, 0.5) is 4.79 Å². The van der Waals surface area contributed by atoms with Gasteiger partial charge in [0.25, 0.3) is 0 Å². The van der Waals surface area contributed by atoms with Crippen LogP contribution in [0.2, 0.25) is 0 Å². The Bertz CT molecular complexity index is 1110. The SMILES string of the molecule is Cc1nc(-c2nnn(C)c2COC(=O)N(C)CC2CCC2)ccc1O[C@H]1CC2CC2[C@@H](C(=O)O)C1.